The van der Waals surface area contributed by atoms with Gasteiger partial charge in [0.1, 0.15) is 12.1 Å². The van der Waals surface area contributed by atoms with E-state index in [1.165, 1.54) is 12.5 Å². The molecule has 1 heterocycles. The van der Waals surface area contributed by atoms with E-state index >= 15 is 0 Å². The lowest BCUT2D eigenvalue weighted by Crippen LogP contribution is -2.55. The molecule has 2 amide bonds. The van der Waals surface area contributed by atoms with Crippen molar-refractivity contribution in [1.82, 2.24) is 20.6 Å². The number of nitrogens with two attached hydrogens (primary N) is 1. The summed E-state index contributed by atoms with van der Waals surface area (Å²) in [4.78, 5) is 52.6. The van der Waals surface area contributed by atoms with Crippen LogP contribution in [0, 0.1) is 0 Å². The molecule has 25 heavy (non-hydrogen) atoms. The fourth-order valence-corrected chi connectivity index (χ4v) is 2.00. The molecule has 12 heteroatoms. The molecule has 0 aliphatic carbocycles. The summed E-state index contributed by atoms with van der Waals surface area (Å²) in [7, 11) is 0. The second-order valence-electron chi connectivity index (χ2n) is 5.13. The van der Waals surface area contributed by atoms with Gasteiger partial charge in [-0.05, 0) is 0 Å². The Bertz CT molecular complexity index is 622. The molecule has 0 aliphatic heterocycles. The largest absolute Gasteiger partial charge is 0.481 e. The highest BCUT2D eigenvalue weighted by atomic mass is 32.1. The van der Waals surface area contributed by atoms with Gasteiger partial charge in [-0.2, -0.15) is 12.6 Å². The van der Waals surface area contributed by atoms with Crippen LogP contribution in [-0.4, -0.2) is 67.8 Å². The van der Waals surface area contributed by atoms with Gasteiger partial charge in [-0.3, -0.25) is 14.4 Å². The predicted octanol–water partition coefficient (Wildman–Crippen LogP) is -2.26. The molecular weight excluding hydrogens is 354 g/mol. The number of hydrogen-bond donors (Lipinski definition) is 7. The number of amides is 2. The smallest absolute Gasteiger partial charge is 0.326 e. The fourth-order valence-electron chi connectivity index (χ4n) is 1.83. The predicted molar refractivity (Wildman–Crippen MR) is 87.9 cm³/mol. The van der Waals surface area contributed by atoms with Gasteiger partial charge in [0.15, 0.2) is 0 Å². The minimum atomic E-state index is -1.63. The Morgan fingerprint density at radius 3 is 2.32 bits per heavy atom. The van der Waals surface area contributed by atoms with Gasteiger partial charge in [0.05, 0.1) is 18.8 Å². The molecule has 0 fully saturated rings. The maximum atomic E-state index is 12.3. The Balaban J connectivity index is 2.88. The summed E-state index contributed by atoms with van der Waals surface area (Å²) in [5.74, 6) is -4.36. The van der Waals surface area contributed by atoms with Crippen molar-refractivity contribution in [2.24, 2.45) is 5.73 Å². The molecule has 1 aromatic rings. The van der Waals surface area contributed by atoms with Crippen LogP contribution in [0.3, 0.4) is 0 Å². The third kappa shape index (κ3) is 6.81. The molecule has 0 saturated carbocycles. The molecule has 0 bridgehead atoms. The summed E-state index contributed by atoms with van der Waals surface area (Å²) in [5.41, 5.74) is 6.05. The third-order valence-electron chi connectivity index (χ3n) is 3.14. The van der Waals surface area contributed by atoms with E-state index in [2.05, 4.69) is 33.2 Å². The number of nitrogens with one attached hydrogen (secondary N) is 3. The molecule has 138 valence electrons. The maximum Gasteiger partial charge on any atom is 0.326 e. The Morgan fingerprint density at radius 2 is 1.84 bits per heavy atom. The monoisotopic (exact) mass is 373 g/mol. The van der Waals surface area contributed by atoms with E-state index in [9.17, 15) is 19.2 Å². The van der Waals surface area contributed by atoms with Crippen LogP contribution < -0.4 is 16.4 Å². The Morgan fingerprint density at radius 1 is 1.20 bits per heavy atom. The summed E-state index contributed by atoms with van der Waals surface area (Å²) < 4.78 is 0. The zero-order chi connectivity index (χ0) is 19.0. The first-order chi connectivity index (χ1) is 11.7. The summed E-state index contributed by atoms with van der Waals surface area (Å²) >= 11 is 3.89. The number of carbonyl (C=O) groups excluding carboxylic acids is 2. The minimum absolute atomic E-state index is 0.0176. The number of H-pyrrole nitrogens is 1. The van der Waals surface area contributed by atoms with Crippen LogP contribution in [0.1, 0.15) is 12.1 Å². The molecule has 1 rings (SSSR count). The van der Waals surface area contributed by atoms with Gasteiger partial charge < -0.3 is 31.6 Å². The van der Waals surface area contributed by atoms with Crippen molar-refractivity contribution in [2.45, 2.75) is 31.0 Å². The van der Waals surface area contributed by atoms with Crippen LogP contribution in [0.2, 0.25) is 0 Å². The third-order valence-corrected chi connectivity index (χ3v) is 3.53. The lowest BCUT2D eigenvalue weighted by Gasteiger charge is -2.21. The Labute approximate surface area is 147 Å². The molecule has 7 N–H and O–H groups in total. The van der Waals surface area contributed by atoms with Crippen LogP contribution in [-0.2, 0) is 25.6 Å². The SMILES string of the molecule is NC(CS)C(=O)NC(Cc1cnc[nH]1)C(=O)NC(CC(=O)O)C(=O)O. The van der Waals surface area contributed by atoms with Crippen molar-refractivity contribution >= 4 is 36.4 Å². The standard InChI is InChI=1S/C13H19N5O6S/c14-7(4-25)11(21)17-8(1-6-3-15-5-16-6)12(22)18-9(13(23)24)2-10(19)20/h3,5,7-9,25H,1-2,4,14H2,(H,15,16)(H,17,21)(H,18,22)(H,19,20)(H,23,24). The van der Waals surface area contributed by atoms with Crippen LogP contribution in [0.5, 0.6) is 0 Å². The maximum absolute atomic E-state index is 12.3. The molecule has 3 atom stereocenters. The van der Waals surface area contributed by atoms with E-state index in [4.69, 9.17) is 15.9 Å². The van der Waals surface area contributed by atoms with Crippen molar-refractivity contribution in [1.29, 1.82) is 0 Å². The highest BCUT2D eigenvalue weighted by Crippen LogP contribution is 2.02. The molecule has 0 aromatic carbocycles. The lowest BCUT2D eigenvalue weighted by atomic mass is 10.1. The van der Waals surface area contributed by atoms with E-state index in [-0.39, 0.29) is 12.2 Å². The van der Waals surface area contributed by atoms with E-state index < -0.39 is 48.3 Å². The first-order valence-corrected chi connectivity index (χ1v) is 7.76. The van der Waals surface area contributed by atoms with Crippen molar-refractivity contribution in [3.8, 4) is 0 Å². The number of imidazole rings is 1. The number of hydrogen-bond acceptors (Lipinski definition) is 7. The second-order valence-corrected chi connectivity index (χ2v) is 5.49. The number of aromatic nitrogens is 2. The van der Waals surface area contributed by atoms with Crippen LogP contribution in [0.4, 0.5) is 0 Å². The quantitative estimate of drug-likeness (QED) is 0.224. The number of nitrogens with zero attached hydrogens (tertiary/aromatic N) is 1. The van der Waals surface area contributed by atoms with Crippen LogP contribution in [0.15, 0.2) is 12.5 Å². The number of carbonyl (C=O) groups is 4. The first kappa shape index (κ1) is 20.4. The highest BCUT2D eigenvalue weighted by molar-refractivity contribution is 7.80. The van der Waals surface area contributed by atoms with Gasteiger partial charge in [-0.25, -0.2) is 9.78 Å². The van der Waals surface area contributed by atoms with Gasteiger partial charge >= 0.3 is 11.9 Å². The average Bonchev–Trinajstić information content (AvgIpc) is 3.05. The lowest BCUT2D eigenvalue weighted by molar-refractivity contribution is -0.147. The van der Waals surface area contributed by atoms with Crippen molar-refractivity contribution in [3.05, 3.63) is 18.2 Å². The zero-order valence-electron chi connectivity index (χ0n) is 13.0. The number of rotatable bonds is 10. The van der Waals surface area contributed by atoms with Crippen LogP contribution >= 0.6 is 12.6 Å². The Hall–Kier alpha value is -2.60. The minimum Gasteiger partial charge on any atom is -0.481 e. The van der Waals surface area contributed by atoms with Gasteiger partial charge in [0.25, 0.3) is 0 Å². The van der Waals surface area contributed by atoms with Gasteiger partial charge in [-0.15, -0.1) is 0 Å². The molecule has 1 aromatic heterocycles. The topological polar surface area (TPSA) is 187 Å². The van der Waals surface area contributed by atoms with Gasteiger partial charge in [0.2, 0.25) is 11.8 Å². The Kier molecular flexibility index (Phi) is 7.88. The average molecular weight is 373 g/mol. The normalized spacial score (nSPS) is 14.2. The molecule has 0 radical (unpaired) electrons. The van der Waals surface area contributed by atoms with Gasteiger partial charge in [0, 0.05) is 24.1 Å². The van der Waals surface area contributed by atoms with Crippen LogP contribution in [0.25, 0.3) is 0 Å². The first-order valence-electron chi connectivity index (χ1n) is 7.13. The number of carboxylic acids is 2. The summed E-state index contributed by atoms with van der Waals surface area (Å²) in [6, 6.07) is -3.77. The molecule has 0 aliphatic rings. The molecule has 0 spiro atoms. The number of aliphatic carboxylic acids is 2. The van der Waals surface area contributed by atoms with E-state index in [0.717, 1.165) is 0 Å². The van der Waals surface area contributed by atoms with Gasteiger partial charge in [-0.1, -0.05) is 0 Å². The number of carboxylic acid groups (broad SMARTS) is 2. The fraction of sp³-hybridized carbons (Fsp3) is 0.462. The van der Waals surface area contributed by atoms with Crippen molar-refractivity contribution < 1.29 is 29.4 Å². The number of thiol groups is 1. The van der Waals surface area contributed by atoms with E-state index in [1.54, 1.807) is 0 Å². The number of aromatic amines is 1. The summed E-state index contributed by atoms with van der Waals surface area (Å²) in [6.45, 7) is 0. The second kappa shape index (κ2) is 9.64. The summed E-state index contributed by atoms with van der Waals surface area (Å²) in [6.07, 6.45) is 1.98. The molecular formula is C13H19N5O6S. The van der Waals surface area contributed by atoms with Crippen molar-refractivity contribution in [3.63, 3.8) is 0 Å². The van der Waals surface area contributed by atoms with E-state index in [1.807, 2.05) is 0 Å². The summed E-state index contributed by atoms with van der Waals surface area (Å²) in [5, 5.41) is 22.2. The van der Waals surface area contributed by atoms with Crippen molar-refractivity contribution in [2.75, 3.05) is 5.75 Å². The highest BCUT2D eigenvalue weighted by Gasteiger charge is 2.29. The molecule has 11 nitrogen and oxygen atoms in total. The van der Waals surface area contributed by atoms with E-state index in [0.29, 0.717) is 5.69 Å². The molecule has 0 saturated heterocycles. The molecule has 3 unspecified atom stereocenters. The zero-order valence-corrected chi connectivity index (χ0v) is 13.9.